The van der Waals surface area contributed by atoms with Crippen LogP contribution in [0, 0.1) is 0 Å². The molecule has 4 rings (SSSR count). The summed E-state index contributed by atoms with van der Waals surface area (Å²) in [6.07, 6.45) is 3.94. The third kappa shape index (κ3) is 2.62. The van der Waals surface area contributed by atoms with Gasteiger partial charge in [-0.2, -0.15) is 0 Å². The topological polar surface area (TPSA) is 31.9 Å². The maximum Gasteiger partial charge on any atom is 0.0460 e. The second-order valence-corrected chi connectivity index (χ2v) is 6.31. The Morgan fingerprint density at radius 1 is 1.23 bits per heavy atom. The minimum atomic E-state index is 0.805. The predicted octanol–water partition coefficient (Wildman–Crippen LogP) is 3.82. The lowest BCUT2D eigenvalue weighted by Gasteiger charge is -2.26. The van der Waals surface area contributed by atoms with Gasteiger partial charge < -0.3 is 4.98 Å². The fourth-order valence-electron chi connectivity index (χ4n) is 3.25. The van der Waals surface area contributed by atoms with Gasteiger partial charge in [0.1, 0.15) is 0 Å². The van der Waals surface area contributed by atoms with E-state index < -0.39 is 0 Å². The molecule has 0 spiro atoms. The first-order chi connectivity index (χ1) is 10.8. The zero-order valence-electron chi connectivity index (χ0n) is 12.3. The molecule has 1 aromatic carbocycles. The maximum atomic E-state index is 6.16. The van der Waals surface area contributed by atoms with Gasteiger partial charge in [-0.15, -0.1) is 0 Å². The number of pyridine rings is 1. The molecule has 0 aliphatic carbocycles. The molecule has 4 heteroatoms. The summed E-state index contributed by atoms with van der Waals surface area (Å²) >= 11 is 6.16. The minimum absolute atomic E-state index is 0.805. The predicted molar refractivity (Wildman–Crippen MR) is 90.2 cm³/mol. The average molecular weight is 312 g/mol. The molecule has 3 nitrogen and oxygen atoms in total. The highest BCUT2D eigenvalue weighted by molar-refractivity contribution is 6.31. The van der Waals surface area contributed by atoms with Gasteiger partial charge in [0, 0.05) is 66.0 Å². The molecule has 3 aromatic rings. The smallest absolute Gasteiger partial charge is 0.0460 e. The van der Waals surface area contributed by atoms with Crippen molar-refractivity contribution >= 4 is 22.5 Å². The molecule has 3 heterocycles. The Kier molecular flexibility index (Phi) is 3.60. The number of nitrogens with one attached hydrogen (secondary N) is 1. The van der Waals surface area contributed by atoms with Crippen LogP contribution in [0.2, 0.25) is 5.02 Å². The second-order valence-electron chi connectivity index (χ2n) is 5.87. The van der Waals surface area contributed by atoms with E-state index >= 15 is 0 Å². The van der Waals surface area contributed by atoms with Crippen LogP contribution in [0.25, 0.3) is 10.9 Å². The molecule has 0 fully saturated rings. The molecule has 1 N–H and O–H groups in total. The molecule has 22 heavy (non-hydrogen) atoms. The third-order valence-electron chi connectivity index (χ3n) is 4.43. The molecule has 112 valence electrons. The summed E-state index contributed by atoms with van der Waals surface area (Å²) in [6, 6.07) is 12.2. The van der Waals surface area contributed by atoms with Crippen molar-refractivity contribution in [1.82, 2.24) is 14.9 Å². The molecule has 0 amide bonds. The van der Waals surface area contributed by atoms with Gasteiger partial charge >= 0.3 is 0 Å². The number of aromatic amines is 1. The van der Waals surface area contributed by atoms with Crippen LogP contribution in [0.4, 0.5) is 0 Å². The first-order valence-corrected chi connectivity index (χ1v) is 8.08. The zero-order valence-corrected chi connectivity index (χ0v) is 13.1. The van der Waals surface area contributed by atoms with Crippen molar-refractivity contribution in [2.75, 3.05) is 13.1 Å². The zero-order chi connectivity index (χ0) is 14.9. The van der Waals surface area contributed by atoms with E-state index in [4.69, 9.17) is 11.6 Å². The first kappa shape index (κ1) is 13.8. The van der Waals surface area contributed by atoms with E-state index in [0.29, 0.717) is 0 Å². The highest BCUT2D eigenvalue weighted by Crippen LogP contribution is 2.29. The SMILES string of the molecule is Clc1ccc2[nH]c3c(c2c1)CN(CCc1ccccn1)CC3. The number of benzene rings is 1. The van der Waals surface area contributed by atoms with E-state index in [1.165, 1.54) is 22.2 Å². The van der Waals surface area contributed by atoms with E-state index in [9.17, 15) is 0 Å². The van der Waals surface area contributed by atoms with Gasteiger partial charge in [-0.25, -0.2) is 0 Å². The van der Waals surface area contributed by atoms with Crippen LogP contribution in [0.1, 0.15) is 17.0 Å². The fourth-order valence-corrected chi connectivity index (χ4v) is 3.42. The maximum absolute atomic E-state index is 6.16. The summed E-state index contributed by atoms with van der Waals surface area (Å²) < 4.78 is 0. The van der Waals surface area contributed by atoms with Crippen LogP contribution < -0.4 is 0 Å². The fraction of sp³-hybridized carbons (Fsp3) is 0.278. The summed E-state index contributed by atoms with van der Waals surface area (Å²) in [5, 5.41) is 2.07. The minimum Gasteiger partial charge on any atom is -0.358 e. The van der Waals surface area contributed by atoms with Gasteiger partial charge in [-0.3, -0.25) is 9.88 Å². The molecule has 0 atom stereocenters. The van der Waals surface area contributed by atoms with Gasteiger partial charge in [-0.05, 0) is 35.9 Å². The van der Waals surface area contributed by atoms with Crippen molar-refractivity contribution in [3.8, 4) is 0 Å². The summed E-state index contributed by atoms with van der Waals surface area (Å²) in [7, 11) is 0. The van der Waals surface area contributed by atoms with E-state index in [1.54, 1.807) is 0 Å². The lowest BCUT2D eigenvalue weighted by Crippen LogP contribution is -2.32. The summed E-state index contributed by atoms with van der Waals surface area (Å²) in [6.45, 7) is 3.13. The molecule has 2 aromatic heterocycles. The third-order valence-corrected chi connectivity index (χ3v) is 4.66. The van der Waals surface area contributed by atoms with Gasteiger partial charge in [0.15, 0.2) is 0 Å². The molecule has 1 aliphatic rings. The number of H-pyrrole nitrogens is 1. The van der Waals surface area contributed by atoms with Crippen LogP contribution in [0.15, 0.2) is 42.6 Å². The lowest BCUT2D eigenvalue weighted by molar-refractivity contribution is 0.257. The van der Waals surface area contributed by atoms with Crippen LogP contribution in [0.5, 0.6) is 0 Å². The lowest BCUT2D eigenvalue weighted by atomic mass is 10.0. The quantitative estimate of drug-likeness (QED) is 0.797. The van der Waals surface area contributed by atoms with Crippen molar-refractivity contribution in [3.05, 3.63) is 64.6 Å². The summed E-state index contributed by atoms with van der Waals surface area (Å²) in [5.74, 6) is 0. The largest absolute Gasteiger partial charge is 0.358 e. The Morgan fingerprint density at radius 3 is 3.05 bits per heavy atom. The van der Waals surface area contributed by atoms with Gasteiger partial charge in [0.25, 0.3) is 0 Å². The molecule has 0 saturated heterocycles. The highest BCUT2D eigenvalue weighted by Gasteiger charge is 2.20. The average Bonchev–Trinajstić information content (AvgIpc) is 2.91. The van der Waals surface area contributed by atoms with Crippen LogP contribution in [-0.2, 0) is 19.4 Å². The van der Waals surface area contributed by atoms with Crippen molar-refractivity contribution < 1.29 is 0 Å². The number of rotatable bonds is 3. The van der Waals surface area contributed by atoms with Crippen molar-refractivity contribution in [1.29, 1.82) is 0 Å². The number of hydrogen-bond acceptors (Lipinski definition) is 2. The van der Waals surface area contributed by atoms with E-state index in [2.05, 4.69) is 39.1 Å². The Morgan fingerprint density at radius 2 is 2.18 bits per heavy atom. The van der Waals surface area contributed by atoms with E-state index in [-0.39, 0.29) is 0 Å². The summed E-state index contributed by atoms with van der Waals surface area (Å²) in [5.41, 5.74) is 5.13. The van der Waals surface area contributed by atoms with Gasteiger partial charge in [0.2, 0.25) is 0 Å². The Hall–Kier alpha value is -1.84. The van der Waals surface area contributed by atoms with E-state index in [1.807, 2.05) is 18.3 Å². The van der Waals surface area contributed by atoms with Crippen molar-refractivity contribution in [2.24, 2.45) is 0 Å². The molecule has 0 bridgehead atoms. The molecule has 0 saturated carbocycles. The summed E-state index contributed by atoms with van der Waals surface area (Å²) in [4.78, 5) is 10.5. The molecule has 1 aliphatic heterocycles. The molecular weight excluding hydrogens is 294 g/mol. The Bertz CT molecular complexity index is 795. The number of hydrogen-bond donors (Lipinski definition) is 1. The van der Waals surface area contributed by atoms with E-state index in [0.717, 1.165) is 43.2 Å². The Balaban J connectivity index is 1.53. The monoisotopic (exact) mass is 311 g/mol. The molecular formula is C18H18ClN3. The van der Waals surface area contributed by atoms with Crippen molar-refractivity contribution in [2.45, 2.75) is 19.4 Å². The molecule has 0 unspecified atom stereocenters. The highest BCUT2D eigenvalue weighted by atomic mass is 35.5. The normalized spacial score (nSPS) is 15.1. The number of fused-ring (bicyclic) bond motifs is 3. The van der Waals surface area contributed by atoms with Gasteiger partial charge in [-0.1, -0.05) is 17.7 Å². The number of halogens is 1. The molecule has 0 radical (unpaired) electrons. The van der Waals surface area contributed by atoms with Crippen molar-refractivity contribution in [3.63, 3.8) is 0 Å². The van der Waals surface area contributed by atoms with Gasteiger partial charge in [0.05, 0.1) is 0 Å². The standard InChI is InChI=1S/C18H18ClN3/c19-13-4-5-17-15(11-13)16-12-22(10-7-18(16)21-17)9-6-14-3-1-2-8-20-14/h1-5,8,11,21H,6-7,9-10,12H2. The Labute approximate surface area is 134 Å². The van der Waals surface area contributed by atoms with Crippen LogP contribution >= 0.6 is 11.6 Å². The van der Waals surface area contributed by atoms with Crippen LogP contribution in [-0.4, -0.2) is 28.0 Å². The number of nitrogens with zero attached hydrogens (tertiary/aromatic N) is 2. The van der Waals surface area contributed by atoms with Crippen LogP contribution in [0.3, 0.4) is 0 Å². The second kappa shape index (κ2) is 5.75. The first-order valence-electron chi connectivity index (χ1n) is 7.71. The number of aromatic nitrogens is 2.